The summed E-state index contributed by atoms with van der Waals surface area (Å²) in [5.74, 6) is 0.851. The summed E-state index contributed by atoms with van der Waals surface area (Å²) < 4.78 is 26.8. The molecule has 0 amide bonds. The molecule has 1 fully saturated rings. The van der Waals surface area contributed by atoms with Gasteiger partial charge in [0.15, 0.2) is 5.82 Å². The van der Waals surface area contributed by atoms with E-state index >= 15 is 0 Å². The Morgan fingerprint density at radius 3 is 2.44 bits per heavy atom. The van der Waals surface area contributed by atoms with Gasteiger partial charge in [0, 0.05) is 26.2 Å². The molecule has 3 N–H and O–H groups in total. The second kappa shape index (κ2) is 7.03. The molecule has 0 bridgehead atoms. The smallest absolute Gasteiger partial charge is 0.242 e. The van der Waals surface area contributed by atoms with Gasteiger partial charge in [-0.2, -0.15) is 0 Å². The maximum atomic E-state index is 12.2. The number of halogens is 1. The first kappa shape index (κ1) is 17.7. The minimum atomic E-state index is -3.52. The molecule has 0 saturated carbocycles. The summed E-state index contributed by atoms with van der Waals surface area (Å²) >= 11 is 6.19. The number of aromatic nitrogens is 2. The fraction of sp³-hybridized carbons (Fsp3) is 0.333. The van der Waals surface area contributed by atoms with Crippen LogP contribution in [0.25, 0.3) is 0 Å². The molecule has 2 aromatic rings. The van der Waals surface area contributed by atoms with E-state index in [1.54, 1.807) is 12.1 Å². The van der Waals surface area contributed by atoms with Gasteiger partial charge in [-0.1, -0.05) is 23.7 Å². The molecule has 0 aliphatic carbocycles. The van der Waals surface area contributed by atoms with E-state index in [1.807, 2.05) is 21.9 Å². The molecule has 0 unspecified atom stereocenters. The number of benzene rings is 1. The van der Waals surface area contributed by atoms with E-state index in [-0.39, 0.29) is 10.7 Å². The molecule has 0 spiro atoms. The summed E-state index contributed by atoms with van der Waals surface area (Å²) in [5.41, 5.74) is 6.42. The molecule has 25 heavy (non-hydrogen) atoms. The molecular weight excluding hydrogens is 364 g/mol. The molecule has 3 rings (SSSR count). The first-order valence-corrected chi connectivity index (χ1v) is 9.58. The van der Waals surface area contributed by atoms with Gasteiger partial charge < -0.3 is 15.5 Å². The normalized spacial score (nSPS) is 15.4. The molecule has 1 aromatic heterocycles. The summed E-state index contributed by atoms with van der Waals surface area (Å²) in [5, 5.41) is 0.342. The number of nitrogens with one attached hydrogen (secondary N) is 1. The van der Waals surface area contributed by atoms with Crippen LogP contribution in [0.3, 0.4) is 0 Å². The van der Waals surface area contributed by atoms with Crippen molar-refractivity contribution in [2.24, 2.45) is 0 Å². The van der Waals surface area contributed by atoms with Crippen molar-refractivity contribution in [3.63, 3.8) is 0 Å². The third kappa shape index (κ3) is 3.48. The number of nitrogen functional groups attached to an aromatic ring is 1. The molecule has 10 heteroatoms. The van der Waals surface area contributed by atoms with Gasteiger partial charge in [-0.3, -0.25) is 0 Å². The van der Waals surface area contributed by atoms with Gasteiger partial charge in [0.2, 0.25) is 10.0 Å². The lowest BCUT2D eigenvalue weighted by atomic mass is 10.2. The fourth-order valence-electron chi connectivity index (χ4n) is 2.81. The maximum absolute atomic E-state index is 12.2. The SMILES string of the molecule is CNS(=O)(=O)c1ccccc1N1CCN(c2ncnc(N)c2Cl)CC1. The summed E-state index contributed by atoms with van der Waals surface area (Å²) in [7, 11) is -2.11. The lowest BCUT2D eigenvalue weighted by Crippen LogP contribution is -2.47. The van der Waals surface area contributed by atoms with E-state index in [2.05, 4.69) is 14.7 Å². The van der Waals surface area contributed by atoms with E-state index in [9.17, 15) is 8.42 Å². The molecule has 134 valence electrons. The average molecular weight is 383 g/mol. The Bertz CT molecular complexity index is 868. The topological polar surface area (TPSA) is 104 Å². The molecule has 1 saturated heterocycles. The fourth-order valence-corrected chi connectivity index (χ4v) is 3.98. The van der Waals surface area contributed by atoms with Gasteiger partial charge in [-0.25, -0.2) is 23.1 Å². The Morgan fingerprint density at radius 2 is 1.76 bits per heavy atom. The van der Waals surface area contributed by atoms with Crippen LogP contribution in [0.5, 0.6) is 0 Å². The van der Waals surface area contributed by atoms with Crippen LogP contribution in [0.4, 0.5) is 17.3 Å². The van der Waals surface area contributed by atoms with Crippen molar-refractivity contribution < 1.29 is 8.42 Å². The van der Waals surface area contributed by atoms with Crippen molar-refractivity contribution in [1.82, 2.24) is 14.7 Å². The largest absolute Gasteiger partial charge is 0.382 e. The van der Waals surface area contributed by atoms with Gasteiger partial charge in [0.05, 0.1) is 5.69 Å². The maximum Gasteiger partial charge on any atom is 0.242 e. The molecule has 1 aromatic carbocycles. The monoisotopic (exact) mass is 382 g/mol. The number of sulfonamides is 1. The molecule has 0 radical (unpaired) electrons. The van der Waals surface area contributed by atoms with E-state index < -0.39 is 10.0 Å². The van der Waals surface area contributed by atoms with Crippen molar-refractivity contribution in [3.05, 3.63) is 35.6 Å². The summed E-state index contributed by atoms with van der Waals surface area (Å²) in [6.45, 7) is 2.56. The number of rotatable bonds is 4. The third-order valence-corrected chi connectivity index (χ3v) is 5.97. The number of para-hydroxylation sites is 1. The highest BCUT2D eigenvalue weighted by molar-refractivity contribution is 7.89. The van der Waals surface area contributed by atoms with Gasteiger partial charge in [0.1, 0.15) is 22.1 Å². The molecule has 1 aliphatic rings. The number of hydrogen-bond acceptors (Lipinski definition) is 7. The van der Waals surface area contributed by atoms with Crippen LogP contribution in [0, 0.1) is 0 Å². The molecular formula is C15H19ClN6O2S. The van der Waals surface area contributed by atoms with Gasteiger partial charge in [-0.15, -0.1) is 0 Å². The minimum absolute atomic E-state index is 0.250. The standard InChI is InChI=1S/C15H19ClN6O2S/c1-18-25(23,24)12-5-3-2-4-11(12)21-6-8-22(9-7-21)15-13(16)14(17)19-10-20-15/h2-5,10,18H,6-9H2,1H3,(H2,17,19,20). The highest BCUT2D eigenvalue weighted by atomic mass is 35.5. The van der Waals surface area contributed by atoms with Crippen molar-refractivity contribution in [2.75, 3.05) is 48.8 Å². The Balaban J connectivity index is 1.81. The Kier molecular flexibility index (Phi) is 4.98. The van der Waals surface area contributed by atoms with Crippen LogP contribution in [-0.4, -0.2) is 51.6 Å². The Labute approximate surface area is 151 Å². The molecule has 0 atom stereocenters. The highest BCUT2D eigenvalue weighted by Gasteiger charge is 2.25. The van der Waals surface area contributed by atoms with Crippen LogP contribution in [0.1, 0.15) is 0 Å². The number of nitrogens with two attached hydrogens (primary N) is 1. The third-order valence-electron chi connectivity index (χ3n) is 4.14. The van der Waals surface area contributed by atoms with Crippen LogP contribution in [-0.2, 0) is 10.0 Å². The van der Waals surface area contributed by atoms with Crippen LogP contribution in [0.2, 0.25) is 5.02 Å². The Morgan fingerprint density at radius 1 is 1.12 bits per heavy atom. The quantitative estimate of drug-likeness (QED) is 0.810. The van der Waals surface area contributed by atoms with Crippen molar-refractivity contribution in [2.45, 2.75) is 4.90 Å². The zero-order valence-corrected chi connectivity index (χ0v) is 15.3. The van der Waals surface area contributed by atoms with Crippen LogP contribution >= 0.6 is 11.6 Å². The minimum Gasteiger partial charge on any atom is -0.382 e. The van der Waals surface area contributed by atoms with Crippen molar-refractivity contribution in [1.29, 1.82) is 0 Å². The van der Waals surface area contributed by atoms with E-state index in [1.165, 1.54) is 13.4 Å². The predicted molar refractivity (Wildman–Crippen MR) is 98.6 cm³/mol. The van der Waals surface area contributed by atoms with Gasteiger partial charge >= 0.3 is 0 Å². The van der Waals surface area contributed by atoms with E-state index in [4.69, 9.17) is 17.3 Å². The Hall–Kier alpha value is -2.10. The molecule has 8 nitrogen and oxygen atoms in total. The number of piperazine rings is 1. The van der Waals surface area contributed by atoms with E-state index in [0.29, 0.717) is 42.7 Å². The van der Waals surface area contributed by atoms with Crippen LogP contribution < -0.4 is 20.3 Å². The van der Waals surface area contributed by atoms with E-state index in [0.717, 1.165) is 0 Å². The number of anilines is 3. The first-order chi connectivity index (χ1) is 11.9. The van der Waals surface area contributed by atoms with Crippen molar-refractivity contribution >= 4 is 38.9 Å². The number of hydrogen-bond donors (Lipinski definition) is 2. The average Bonchev–Trinajstić information content (AvgIpc) is 2.64. The summed E-state index contributed by atoms with van der Waals surface area (Å²) in [6.07, 6.45) is 1.39. The van der Waals surface area contributed by atoms with Gasteiger partial charge in [-0.05, 0) is 19.2 Å². The summed E-state index contributed by atoms with van der Waals surface area (Å²) in [6, 6.07) is 6.97. The lowest BCUT2D eigenvalue weighted by Gasteiger charge is -2.37. The predicted octanol–water partition coefficient (Wildman–Crippen LogP) is 0.947. The lowest BCUT2D eigenvalue weighted by molar-refractivity contribution is 0.586. The van der Waals surface area contributed by atoms with Crippen LogP contribution in [0.15, 0.2) is 35.5 Å². The zero-order chi connectivity index (χ0) is 18.0. The second-order valence-corrected chi connectivity index (χ2v) is 7.78. The highest BCUT2D eigenvalue weighted by Crippen LogP contribution is 2.30. The second-order valence-electron chi connectivity index (χ2n) is 5.55. The molecule has 1 aliphatic heterocycles. The van der Waals surface area contributed by atoms with Gasteiger partial charge in [0.25, 0.3) is 0 Å². The first-order valence-electron chi connectivity index (χ1n) is 7.72. The van der Waals surface area contributed by atoms with Crippen molar-refractivity contribution in [3.8, 4) is 0 Å². The molecule has 2 heterocycles. The summed E-state index contributed by atoms with van der Waals surface area (Å²) in [4.78, 5) is 12.4. The zero-order valence-electron chi connectivity index (χ0n) is 13.7. The number of nitrogens with zero attached hydrogens (tertiary/aromatic N) is 4.